The van der Waals surface area contributed by atoms with Crippen molar-refractivity contribution in [1.29, 1.82) is 0 Å². The Hall–Kier alpha value is -3.65. The van der Waals surface area contributed by atoms with Crippen molar-refractivity contribution in [3.8, 4) is 0 Å². The van der Waals surface area contributed by atoms with Gasteiger partial charge in [-0.05, 0) is 86.0 Å². The third-order valence-corrected chi connectivity index (χ3v) is 6.84. The predicted octanol–water partition coefficient (Wildman–Crippen LogP) is 5.26. The Bertz CT molecular complexity index is 1330. The monoisotopic (exact) mass is 479 g/mol. The highest BCUT2D eigenvalue weighted by Crippen LogP contribution is 2.23. The van der Waals surface area contributed by atoms with Gasteiger partial charge in [-0.2, -0.15) is 0 Å². The van der Waals surface area contributed by atoms with Crippen molar-refractivity contribution in [3.63, 3.8) is 0 Å². The number of benzene rings is 3. The van der Waals surface area contributed by atoms with Crippen LogP contribution in [0.3, 0.4) is 0 Å². The van der Waals surface area contributed by atoms with Gasteiger partial charge in [0.05, 0.1) is 4.90 Å². The molecule has 0 spiro atoms. The van der Waals surface area contributed by atoms with Crippen LogP contribution in [-0.4, -0.2) is 20.2 Å². The number of sulfonamides is 1. The normalized spacial score (nSPS) is 11.2. The summed E-state index contributed by atoms with van der Waals surface area (Å²) in [5.41, 5.74) is 4.63. The number of carbonyl (C=O) groups is 2. The Labute approximate surface area is 200 Å². The van der Waals surface area contributed by atoms with E-state index in [0.717, 1.165) is 16.7 Å². The van der Waals surface area contributed by atoms with Crippen molar-refractivity contribution in [3.05, 3.63) is 82.9 Å². The van der Waals surface area contributed by atoms with Gasteiger partial charge in [0.15, 0.2) is 0 Å². The smallest absolute Gasteiger partial charge is 0.261 e. The first kappa shape index (κ1) is 25.0. The zero-order chi connectivity index (χ0) is 25.0. The molecule has 0 bridgehead atoms. The van der Waals surface area contributed by atoms with E-state index in [1.165, 1.54) is 0 Å². The molecule has 0 aliphatic carbocycles. The molecule has 8 heteroatoms. The quantitative estimate of drug-likeness (QED) is 0.430. The fraction of sp³-hybridized carbons (Fsp3) is 0.231. The van der Waals surface area contributed by atoms with E-state index >= 15 is 0 Å². The van der Waals surface area contributed by atoms with Crippen molar-refractivity contribution in [1.82, 2.24) is 0 Å². The van der Waals surface area contributed by atoms with Gasteiger partial charge in [-0.25, -0.2) is 8.42 Å². The Balaban J connectivity index is 1.72. The first-order valence-corrected chi connectivity index (χ1v) is 12.4. The number of carbonyl (C=O) groups excluding carboxylic acids is 2. The van der Waals surface area contributed by atoms with Gasteiger partial charge in [0.25, 0.3) is 15.9 Å². The fourth-order valence-corrected chi connectivity index (χ4v) is 4.24. The van der Waals surface area contributed by atoms with Gasteiger partial charge in [-0.3, -0.25) is 14.3 Å². The summed E-state index contributed by atoms with van der Waals surface area (Å²) in [6, 6.07) is 16.4. The van der Waals surface area contributed by atoms with E-state index in [2.05, 4.69) is 15.4 Å². The molecule has 7 nitrogen and oxygen atoms in total. The fourth-order valence-electron chi connectivity index (χ4n) is 3.10. The van der Waals surface area contributed by atoms with Crippen LogP contribution < -0.4 is 15.4 Å². The molecular formula is C26H29N3O4S. The van der Waals surface area contributed by atoms with E-state index in [9.17, 15) is 18.0 Å². The van der Waals surface area contributed by atoms with E-state index in [0.29, 0.717) is 22.6 Å². The molecule has 0 saturated carbocycles. The lowest BCUT2D eigenvalue weighted by Gasteiger charge is -2.13. The molecule has 0 fully saturated rings. The maximum absolute atomic E-state index is 12.8. The van der Waals surface area contributed by atoms with Gasteiger partial charge < -0.3 is 10.6 Å². The summed E-state index contributed by atoms with van der Waals surface area (Å²) in [7, 11) is -3.75. The van der Waals surface area contributed by atoms with Crippen LogP contribution in [0.25, 0.3) is 0 Å². The van der Waals surface area contributed by atoms with E-state index in [4.69, 9.17) is 0 Å². The second kappa shape index (κ2) is 10.1. The molecular weight excluding hydrogens is 450 g/mol. The molecule has 3 aromatic rings. The Kier molecular flexibility index (Phi) is 7.41. The van der Waals surface area contributed by atoms with Crippen LogP contribution in [0.4, 0.5) is 17.1 Å². The predicted molar refractivity (Wildman–Crippen MR) is 136 cm³/mol. The number of nitrogens with one attached hydrogen (secondary N) is 3. The topological polar surface area (TPSA) is 104 Å². The van der Waals surface area contributed by atoms with Gasteiger partial charge in [0, 0.05) is 28.5 Å². The van der Waals surface area contributed by atoms with Crippen LogP contribution in [0.2, 0.25) is 0 Å². The molecule has 2 amide bonds. The van der Waals surface area contributed by atoms with Gasteiger partial charge in [-0.1, -0.05) is 26.0 Å². The third kappa shape index (κ3) is 6.02. The molecule has 0 aliphatic heterocycles. The highest BCUT2D eigenvalue weighted by Gasteiger charge is 2.16. The van der Waals surface area contributed by atoms with Crippen molar-refractivity contribution in [2.24, 2.45) is 5.92 Å². The van der Waals surface area contributed by atoms with E-state index < -0.39 is 10.0 Å². The second-order valence-corrected chi connectivity index (χ2v) is 10.2. The van der Waals surface area contributed by atoms with E-state index in [-0.39, 0.29) is 22.6 Å². The molecule has 0 unspecified atom stereocenters. The first-order chi connectivity index (χ1) is 16.0. The van der Waals surface area contributed by atoms with Crippen LogP contribution in [0.5, 0.6) is 0 Å². The van der Waals surface area contributed by atoms with Crippen LogP contribution in [0.15, 0.2) is 65.6 Å². The standard InChI is InChI=1S/C26H29N3O4S/c1-16(2)25(30)27-22-10-6-18(4)24(15-22)28-26(31)20-8-11-21(12-9-20)29-34(32,33)23-13-7-17(3)19(5)14-23/h6-16,29H,1-5H3,(H,27,30)(H,28,31). The number of aryl methyl sites for hydroxylation is 3. The summed E-state index contributed by atoms with van der Waals surface area (Å²) in [5, 5.41) is 5.66. The molecule has 34 heavy (non-hydrogen) atoms. The van der Waals surface area contributed by atoms with Gasteiger partial charge in [0.2, 0.25) is 5.91 Å². The minimum atomic E-state index is -3.75. The molecule has 3 rings (SSSR count). The number of hydrogen-bond donors (Lipinski definition) is 3. The summed E-state index contributed by atoms with van der Waals surface area (Å²) in [5.74, 6) is -0.621. The summed E-state index contributed by atoms with van der Waals surface area (Å²) in [4.78, 5) is 24.9. The molecule has 0 radical (unpaired) electrons. The van der Waals surface area contributed by atoms with Crippen molar-refractivity contribution in [2.75, 3.05) is 15.4 Å². The number of anilines is 3. The maximum atomic E-state index is 12.8. The lowest BCUT2D eigenvalue weighted by molar-refractivity contribution is -0.118. The summed E-state index contributed by atoms with van der Waals surface area (Å²) in [6.07, 6.45) is 0. The SMILES string of the molecule is Cc1ccc(S(=O)(=O)Nc2ccc(C(=O)Nc3cc(NC(=O)C(C)C)ccc3C)cc2)cc1C. The maximum Gasteiger partial charge on any atom is 0.261 e. The first-order valence-electron chi connectivity index (χ1n) is 10.9. The van der Waals surface area contributed by atoms with Crippen LogP contribution in [0.1, 0.15) is 40.9 Å². The zero-order valence-electron chi connectivity index (χ0n) is 19.9. The third-order valence-electron chi connectivity index (χ3n) is 5.47. The Morgan fingerprint density at radius 3 is 1.97 bits per heavy atom. The zero-order valence-corrected chi connectivity index (χ0v) is 20.7. The molecule has 0 heterocycles. The Morgan fingerprint density at radius 2 is 1.35 bits per heavy atom. The average Bonchev–Trinajstić information content (AvgIpc) is 2.78. The van der Waals surface area contributed by atoms with Crippen LogP contribution in [0, 0.1) is 26.7 Å². The Morgan fingerprint density at radius 1 is 0.735 bits per heavy atom. The number of hydrogen-bond acceptors (Lipinski definition) is 4. The molecule has 0 atom stereocenters. The lowest BCUT2D eigenvalue weighted by Crippen LogP contribution is -2.18. The van der Waals surface area contributed by atoms with Crippen molar-refractivity contribution >= 4 is 38.9 Å². The molecule has 0 saturated heterocycles. The highest BCUT2D eigenvalue weighted by molar-refractivity contribution is 7.92. The molecule has 0 aliphatic rings. The summed E-state index contributed by atoms with van der Waals surface area (Å²) in [6.45, 7) is 9.24. The van der Waals surface area contributed by atoms with Gasteiger partial charge in [0.1, 0.15) is 0 Å². The van der Waals surface area contributed by atoms with Crippen LogP contribution in [-0.2, 0) is 14.8 Å². The largest absolute Gasteiger partial charge is 0.326 e. The van der Waals surface area contributed by atoms with Gasteiger partial charge >= 0.3 is 0 Å². The van der Waals surface area contributed by atoms with E-state index in [1.54, 1.807) is 68.4 Å². The summed E-state index contributed by atoms with van der Waals surface area (Å²) >= 11 is 0. The minimum absolute atomic E-state index is 0.111. The number of amides is 2. The van der Waals surface area contributed by atoms with E-state index in [1.807, 2.05) is 26.8 Å². The number of rotatable bonds is 7. The molecule has 178 valence electrons. The van der Waals surface area contributed by atoms with Crippen molar-refractivity contribution < 1.29 is 18.0 Å². The molecule has 3 N–H and O–H groups in total. The molecule has 0 aromatic heterocycles. The summed E-state index contributed by atoms with van der Waals surface area (Å²) < 4.78 is 27.9. The molecule has 3 aromatic carbocycles. The average molecular weight is 480 g/mol. The second-order valence-electron chi connectivity index (χ2n) is 8.56. The van der Waals surface area contributed by atoms with Crippen LogP contribution >= 0.6 is 0 Å². The van der Waals surface area contributed by atoms with Gasteiger partial charge in [-0.15, -0.1) is 0 Å². The highest BCUT2D eigenvalue weighted by atomic mass is 32.2. The lowest BCUT2D eigenvalue weighted by atomic mass is 10.1. The van der Waals surface area contributed by atoms with Crippen molar-refractivity contribution in [2.45, 2.75) is 39.5 Å². The minimum Gasteiger partial charge on any atom is -0.326 e.